The van der Waals surface area contributed by atoms with Crippen LogP contribution in [0.2, 0.25) is 5.02 Å². The van der Waals surface area contributed by atoms with Crippen molar-refractivity contribution in [1.82, 2.24) is 4.72 Å². The standard InChI is InChI=1S/C24H22ClN3O4S/c1-2-28-14-13-19-15-17(7-12-22(19)28)16-26-32-20-10-8-18(9-11-20)24(29)27-33(30,31)23-6-4-3-5-21(23)25/h3-12,15-16H,2,13-14H2,1H3,(H,27,29)/b26-16+. The number of hydrogen-bond acceptors (Lipinski definition) is 6. The van der Waals surface area contributed by atoms with Crippen molar-refractivity contribution in [3.63, 3.8) is 0 Å². The Morgan fingerprint density at radius 3 is 2.64 bits per heavy atom. The van der Waals surface area contributed by atoms with E-state index in [1.54, 1.807) is 12.3 Å². The summed E-state index contributed by atoms with van der Waals surface area (Å²) in [5.74, 6) is -0.362. The second-order valence-corrected chi connectivity index (χ2v) is 9.49. The molecule has 170 valence electrons. The molecule has 0 saturated heterocycles. The fraction of sp³-hybridized carbons (Fsp3) is 0.167. The number of fused-ring (bicyclic) bond motifs is 1. The summed E-state index contributed by atoms with van der Waals surface area (Å²) in [5, 5.41) is 4.04. The Morgan fingerprint density at radius 1 is 1.15 bits per heavy atom. The van der Waals surface area contributed by atoms with Crippen LogP contribution in [0, 0.1) is 0 Å². The number of oxime groups is 1. The maximum atomic E-state index is 12.4. The third kappa shape index (κ3) is 5.18. The highest BCUT2D eigenvalue weighted by Gasteiger charge is 2.21. The van der Waals surface area contributed by atoms with Gasteiger partial charge in [-0.25, -0.2) is 13.1 Å². The van der Waals surface area contributed by atoms with Gasteiger partial charge in [0, 0.05) is 24.3 Å². The van der Waals surface area contributed by atoms with Gasteiger partial charge in [0.2, 0.25) is 0 Å². The number of rotatable bonds is 7. The molecule has 1 heterocycles. The Balaban J connectivity index is 1.37. The lowest BCUT2D eigenvalue weighted by atomic mass is 10.1. The number of amides is 1. The molecule has 0 bridgehead atoms. The first-order valence-corrected chi connectivity index (χ1v) is 12.2. The van der Waals surface area contributed by atoms with Gasteiger partial charge in [-0.05, 0) is 73.0 Å². The highest BCUT2D eigenvalue weighted by atomic mass is 35.5. The molecular weight excluding hydrogens is 462 g/mol. The summed E-state index contributed by atoms with van der Waals surface area (Å²) in [7, 11) is -4.09. The second-order valence-electron chi connectivity index (χ2n) is 7.43. The zero-order valence-corrected chi connectivity index (χ0v) is 19.4. The maximum Gasteiger partial charge on any atom is 0.265 e. The predicted molar refractivity (Wildman–Crippen MR) is 129 cm³/mol. The molecule has 7 nitrogen and oxygen atoms in total. The first kappa shape index (κ1) is 22.8. The van der Waals surface area contributed by atoms with Gasteiger partial charge in [-0.3, -0.25) is 4.79 Å². The maximum absolute atomic E-state index is 12.4. The summed E-state index contributed by atoms with van der Waals surface area (Å²) >= 11 is 5.93. The lowest BCUT2D eigenvalue weighted by Crippen LogP contribution is -2.30. The van der Waals surface area contributed by atoms with Crippen LogP contribution >= 0.6 is 11.6 Å². The van der Waals surface area contributed by atoms with Gasteiger partial charge in [-0.15, -0.1) is 0 Å². The van der Waals surface area contributed by atoms with E-state index in [0.717, 1.165) is 25.1 Å². The van der Waals surface area contributed by atoms with E-state index in [4.69, 9.17) is 16.4 Å². The molecule has 0 atom stereocenters. The van der Waals surface area contributed by atoms with Gasteiger partial charge >= 0.3 is 0 Å². The number of likely N-dealkylation sites (N-methyl/N-ethyl adjacent to an activating group) is 1. The summed E-state index contributed by atoms with van der Waals surface area (Å²) in [6, 6.07) is 18.1. The smallest absolute Gasteiger partial charge is 0.265 e. The topological polar surface area (TPSA) is 88.1 Å². The minimum Gasteiger partial charge on any atom is -0.371 e. The van der Waals surface area contributed by atoms with E-state index >= 15 is 0 Å². The van der Waals surface area contributed by atoms with Crippen molar-refractivity contribution in [3.05, 3.63) is 88.4 Å². The summed E-state index contributed by atoms with van der Waals surface area (Å²) in [6.07, 6.45) is 2.65. The molecule has 0 radical (unpaired) electrons. The van der Waals surface area contributed by atoms with Gasteiger partial charge in [0.05, 0.1) is 11.2 Å². The lowest BCUT2D eigenvalue weighted by Gasteiger charge is -2.16. The van der Waals surface area contributed by atoms with Gasteiger partial charge in [0.1, 0.15) is 4.90 Å². The van der Waals surface area contributed by atoms with Gasteiger partial charge in [0.15, 0.2) is 5.75 Å². The van der Waals surface area contributed by atoms with Crippen molar-refractivity contribution in [3.8, 4) is 5.75 Å². The van der Waals surface area contributed by atoms with E-state index in [0.29, 0.717) is 5.75 Å². The summed E-state index contributed by atoms with van der Waals surface area (Å²) in [5.41, 5.74) is 3.65. The highest BCUT2D eigenvalue weighted by Crippen LogP contribution is 2.28. The van der Waals surface area contributed by atoms with Gasteiger partial charge < -0.3 is 9.74 Å². The minimum absolute atomic E-state index is 0.0328. The molecule has 0 spiro atoms. The fourth-order valence-corrected chi connectivity index (χ4v) is 5.11. The Labute approximate surface area is 197 Å². The van der Waals surface area contributed by atoms with Crippen LogP contribution in [0.3, 0.4) is 0 Å². The molecule has 0 saturated carbocycles. The average molecular weight is 484 g/mol. The van der Waals surface area contributed by atoms with E-state index in [1.165, 1.54) is 53.7 Å². The van der Waals surface area contributed by atoms with Crippen LogP contribution < -0.4 is 14.5 Å². The van der Waals surface area contributed by atoms with Gasteiger partial charge in [-0.1, -0.05) is 35.0 Å². The number of hydrogen-bond donors (Lipinski definition) is 1. The van der Waals surface area contributed by atoms with Crippen molar-refractivity contribution >= 4 is 39.4 Å². The van der Waals surface area contributed by atoms with Crippen molar-refractivity contribution in [1.29, 1.82) is 0 Å². The monoisotopic (exact) mass is 483 g/mol. The molecule has 1 N–H and O–H groups in total. The number of sulfonamides is 1. The molecule has 1 amide bonds. The molecule has 0 aromatic heterocycles. The molecule has 0 aliphatic carbocycles. The molecule has 33 heavy (non-hydrogen) atoms. The number of benzene rings is 3. The van der Waals surface area contributed by atoms with Crippen LogP contribution in [0.4, 0.5) is 5.69 Å². The van der Waals surface area contributed by atoms with E-state index in [1.807, 2.05) is 10.8 Å². The largest absolute Gasteiger partial charge is 0.371 e. The molecule has 1 aliphatic heterocycles. The van der Waals surface area contributed by atoms with Crippen molar-refractivity contribution in [2.24, 2.45) is 5.16 Å². The Kier molecular flexibility index (Phi) is 6.67. The first-order valence-electron chi connectivity index (χ1n) is 10.4. The van der Waals surface area contributed by atoms with Crippen LogP contribution in [0.5, 0.6) is 5.75 Å². The number of nitrogens with zero attached hydrogens (tertiary/aromatic N) is 2. The molecule has 0 unspecified atom stereocenters. The molecular formula is C24H22ClN3O4S. The normalized spacial score (nSPS) is 13.2. The molecule has 3 aromatic rings. The van der Waals surface area contributed by atoms with Crippen molar-refractivity contribution in [2.75, 3.05) is 18.0 Å². The van der Waals surface area contributed by atoms with E-state index < -0.39 is 15.9 Å². The van der Waals surface area contributed by atoms with Crippen LogP contribution in [0.25, 0.3) is 0 Å². The van der Waals surface area contributed by atoms with E-state index in [9.17, 15) is 13.2 Å². The van der Waals surface area contributed by atoms with Crippen LogP contribution in [-0.2, 0) is 16.4 Å². The second kappa shape index (κ2) is 9.64. The number of nitrogens with one attached hydrogen (secondary N) is 1. The average Bonchev–Trinajstić information content (AvgIpc) is 3.22. The number of anilines is 1. The van der Waals surface area contributed by atoms with Crippen LogP contribution in [-0.4, -0.2) is 33.6 Å². The number of halogens is 1. The predicted octanol–water partition coefficient (Wildman–Crippen LogP) is 4.25. The van der Waals surface area contributed by atoms with Gasteiger partial charge in [-0.2, -0.15) is 0 Å². The van der Waals surface area contributed by atoms with E-state index in [-0.39, 0.29) is 15.5 Å². The molecule has 1 aliphatic rings. The highest BCUT2D eigenvalue weighted by molar-refractivity contribution is 7.90. The fourth-order valence-electron chi connectivity index (χ4n) is 3.61. The molecule has 0 fully saturated rings. The number of carbonyl (C=O) groups is 1. The third-order valence-electron chi connectivity index (χ3n) is 5.31. The Hall–Kier alpha value is -3.36. The summed E-state index contributed by atoms with van der Waals surface area (Å²) in [6.45, 7) is 4.16. The Bertz CT molecular complexity index is 1310. The zero-order chi connectivity index (χ0) is 23.4. The molecule has 4 rings (SSSR count). The SMILES string of the molecule is CCN1CCc2cc(/C=N/Oc3ccc(C(=O)NS(=O)(=O)c4ccccc4Cl)cc3)ccc21. The summed E-state index contributed by atoms with van der Waals surface area (Å²) in [4.78, 5) is 19.9. The van der Waals surface area contributed by atoms with Crippen LogP contribution in [0.1, 0.15) is 28.4 Å². The van der Waals surface area contributed by atoms with Gasteiger partial charge in [0.25, 0.3) is 15.9 Å². The van der Waals surface area contributed by atoms with E-state index in [2.05, 4.69) is 29.1 Å². The minimum atomic E-state index is -4.09. The van der Waals surface area contributed by atoms with Crippen LogP contribution in [0.15, 0.2) is 76.8 Å². The summed E-state index contributed by atoms with van der Waals surface area (Å²) < 4.78 is 26.9. The Morgan fingerprint density at radius 2 is 1.91 bits per heavy atom. The molecule has 3 aromatic carbocycles. The first-order chi connectivity index (χ1) is 15.9. The zero-order valence-electron chi connectivity index (χ0n) is 17.9. The number of carbonyl (C=O) groups excluding carboxylic acids is 1. The third-order valence-corrected chi connectivity index (χ3v) is 7.14. The molecule has 9 heteroatoms. The van der Waals surface area contributed by atoms with Crippen molar-refractivity contribution < 1.29 is 18.0 Å². The lowest BCUT2D eigenvalue weighted by molar-refractivity contribution is 0.0981. The quantitative estimate of drug-likeness (QED) is 0.401. The van der Waals surface area contributed by atoms with Crippen molar-refractivity contribution in [2.45, 2.75) is 18.2 Å².